The molecule has 5 rings (SSSR count). The summed E-state index contributed by atoms with van der Waals surface area (Å²) in [7, 11) is 3.26. The van der Waals surface area contributed by atoms with E-state index in [1.165, 1.54) is 4.90 Å². The van der Waals surface area contributed by atoms with Gasteiger partial charge in [-0.2, -0.15) is 0 Å². The van der Waals surface area contributed by atoms with Crippen molar-refractivity contribution >= 4 is 21.7 Å². The van der Waals surface area contributed by atoms with E-state index in [-0.39, 0.29) is 5.63 Å². The van der Waals surface area contributed by atoms with Crippen molar-refractivity contribution in [2.24, 2.45) is 0 Å². The van der Waals surface area contributed by atoms with Gasteiger partial charge in [0.1, 0.15) is 18.8 Å². The quantitative estimate of drug-likeness (QED) is 0.419. The Morgan fingerprint density at radius 3 is 2.53 bits per heavy atom. The molecule has 1 atom stereocenters. The molecule has 0 saturated heterocycles. The minimum atomic E-state index is -0.321. The lowest BCUT2D eigenvalue weighted by molar-refractivity contribution is -0.945. The number of hydrogen-bond donors (Lipinski definition) is 1. The van der Waals surface area contributed by atoms with Crippen molar-refractivity contribution in [1.82, 2.24) is 0 Å². The molecule has 1 aliphatic heterocycles. The first-order chi connectivity index (χ1) is 14.7. The molecule has 0 fully saturated rings. The molecule has 1 N–H and O–H groups in total. The molecule has 0 spiro atoms. The van der Waals surface area contributed by atoms with Crippen LogP contribution in [0.4, 0.5) is 0 Å². The Labute approximate surface area is 173 Å². The highest BCUT2D eigenvalue weighted by atomic mass is 16.5. The van der Waals surface area contributed by atoms with Crippen LogP contribution in [0.25, 0.3) is 21.7 Å². The maximum atomic E-state index is 12.5. The smallest absolute Gasteiger partial charge is 0.344 e. The van der Waals surface area contributed by atoms with E-state index in [1.54, 1.807) is 20.3 Å². The summed E-state index contributed by atoms with van der Waals surface area (Å²) < 4.78 is 22.5. The van der Waals surface area contributed by atoms with Gasteiger partial charge in [0.2, 0.25) is 6.73 Å². The zero-order valence-corrected chi connectivity index (χ0v) is 16.9. The summed E-state index contributed by atoms with van der Waals surface area (Å²) in [4.78, 5) is 13.7. The van der Waals surface area contributed by atoms with Crippen LogP contribution in [0.3, 0.4) is 0 Å². The van der Waals surface area contributed by atoms with E-state index in [0.717, 1.165) is 34.2 Å². The molecule has 1 unspecified atom stereocenters. The molecule has 30 heavy (non-hydrogen) atoms. The molecule has 0 bridgehead atoms. The van der Waals surface area contributed by atoms with Crippen molar-refractivity contribution in [1.29, 1.82) is 0 Å². The van der Waals surface area contributed by atoms with Crippen LogP contribution < -0.4 is 24.7 Å². The Balaban J connectivity index is 1.52. The van der Waals surface area contributed by atoms with Crippen LogP contribution in [-0.4, -0.2) is 21.0 Å². The third-order valence-corrected chi connectivity index (χ3v) is 5.61. The van der Waals surface area contributed by atoms with Crippen LogP contribution in [0, 0.1) is 0 Å². The van der Waals surface area contributed by atoms with E-state index in [9.17, 15) is 4.79 Å². The molecule has 6 nitrogen and oxygen atoms in total. The molecular weight excluding hydrogens is 382 g/mol. The fourth-order valence-electron chi connectivity index (χ4n) is 4.16. The Morgan fingerprint density at radius 2 is 1.73 bits per heavy atom. The average molecular weight is 404 g/mol. The minimum Gasteiger partial charge on any atom is -0.493 e. The predicted molar refractivity (Wildman–Crippen MR) is 113 cm³/mol. The number of quaternary nitrogens is 1. The van der Waals surface area contributed by atoms with Crippen molar-refractivity contribution in [3.63, 3.8) is 0 Å². The first-order valence-corrected chi connectivity index (χ1v) is 9.82. The van der Waals surface area contributed by atoms with Crippen LogP contribution in [0.2, 0.25) is 0 Å². The predicted octanol–water partition coefficient (Wildman–Crippen LogP) is 2.90. The van der Waals surface area contributed by atoms with Gasteiger partial charge in [-0.25, -0.2) is 4.79 Å². The highest BCUT2D eigenvalue weighted by molar-refractivity contribution is 6.05. The van der Waals surface area contributed by atoms with E-state index >= 15 is 0 Å². The SMILES string of the molecule is COc1ccc(C[NH+]2COc3ccc4c(oc(=O)c5ccccc54)c3C2)cc1OC. The number of methoxy groups -OCH3 is 2. The lowest BCUT2D eigenvalue weighted by Crippen LogP contribution is -3.10. The zero-order valence-electron chi connectivity index (χ0n) is 16.9. The highest BCUT2D eigenvalue weighted by Crippen LogP contribution is 2.32. The van der Waals surface area contributed by atoms with E-state index in [4.69, 9.17) is 18.6 Å². The molecule has 4 aromatic rings. The fraction of sp³-hybridized carbons (Fsp3) is 0.208. The summed E-state index contributed by atoms with van der Waals surface area (Å²) >= 11 is 0. The van der Waals surface area contributed by atoms with Gasteiger partial charge in [-0.05, 0) is 41.8 Å². The summed E-state index contributed by atoms with van der Waals surface area (Å²) in [5.41, 5.74) is 2.33. The second-order valence-corrected chi connectivity index (χ2v) is 7.44. The molecular formula is C24H22NO5+. The van der Waals surface area contributed by atoms with Gasteiger partial charge in [-0.3, -0.25) is 4.90 Å². The molecule has 3 aromatic carbocycles. The van der Waals surface area contributed by atoms with E-state index in [0.29, 0.717) is 35.7 Å². The molecule has 0 radical (unpaired) electrons. The van der Waals surface area contributed by atoms with E-state index < -0.39 is 0 Å². The summed E-state index contributed by atoms with van der Waals surface area (Å²) in [5, 5.41) is 2.43. The Bertz CT molecular complexity index is 1310. The topological polar surface area (TPSA) is 62.3 Å². The lowest BCUT2D eigenvalue weighted by atomic mass is 10.0. The lowest BCUT2D eigenvalue weighted by Gasteiger charge is -2.26. The minimum absolute atomic E-state index is 0.321. The van der Waals surface area contributed by atoms with Gasteiger partial charge in [0.25, 0.3) is 0 Å². The first-order valence-electron chi connectivity index (χ1n) is 9.82. The van der Waals surface area contributed by atoms with Crippen LogP contribution >= 0.6 is 0 Å². The summed E-state index contributed by atoms with van der Waals surface area (Å²) in [5.74, 6) is 2.18. The molecule has 6 heteroatoms. The second kappa shape index (κ2) is 7.39. The fourth-order valence-corrected chi connectivity index (χ4v) is 4.16. The first kappa shape index (κ1) is 18.5. The number of rotatable bonds is 4. The van der Waals surface area contributed by atoms with Crippen molar-refractivity contribution in [3.05, 3.63) is 76.1 Å². The standard InChI is InChI=1S/C24H21NO5/c1-27-21-9-7-15(11-22(21)28-2)12-25-13-19-20(29-14-25)10-8-17-16-5-3-4-6-18(16)24(26)30-23(17)19/h3-11H,12-14H2,1-2H3/p+1. The van der Waals surface area contributed by atoms with Gasteiger partial charge in [0.05, 0.1) is 25.2 Å². The number of ether oxygens (including phenoxy) is 3. The summed E-state index contributed by atoms with van der Waals surface area (Å²) in [6.45, 7) is 1.97. The van der Waals surface area contributed by atoms with Crippen LogP contribution in [0.15, 0.2) is 63.8 Å². The maximum Gasteiger partial charge on any atom is 0.344 e. The normalized spacial score (nSPS) is 15.6. The van der Waals surface area contributed by atoms with Gasteiger partial charge in [0.15, 0.2) is 17.1 Å². The van der Waals surface area contributed by atoms with Crippen molar-refractivity contribution < 1.29 is 23.5 Å². The molecule has 152 valence electrons. The van der Waals surface area contributed by atoms with Crippen molar-refractivity contribution in [2.45, 2.75) is 13.1 Å². The zero-order chi connectivity index (χ0) is 20.7. The second-order valence-electron chi connectivity index (χ2n) is 7.44. The Hall–Kier alpha value is -3.51. The van der Waals surface area contributed by atoms with Gasteiger partial charge in [-0.1, -0.05) is 18.2 Å². The molecule has 0 saturated carbocycles. The van der Waals surface area contributed by atoms with Gasteiger partial charge < -0.3 is 18.6 Å². The number of fused-ring (bicyclic) bond motifs is 5. The van der Waals surface area contributed by atoms with Crippen LogP contribution in [0.5, 0.6) is 17.2 Å². The average Bonchev–Trinajstić information content (AvgIpc) is 2.79. The molecule has 1 aromatic heterocycles. The molecule has 1 aliphatic rings. The third kappa shape index (κ3) is 3.06. The maximum absolute atomic E-state index is 12.5. The van der Waals surface area contributed by atoms with Crippen molar-refractivity contribution in [2.75, 3.05) is 21.0 Å². The van der Waals surface area contributed by atoms with Crippen LogP contribution in [0.1, 0.15) is 11.1 Å². The number of hydrogen-bond acceptors (Lipinski definition) is 5. The number of nitrogens with one attached hydrogen (secondary N) is 1. The highest BCUT2D eigenvalue weighted by Gasteiger charge is 2.25. The van der Waals surface area contributed by atoms with E-state index in [1.807, 2.05) is 48.5 Å². The van der Waals surface area contributed by atoms with Gasteiger partial charge in [-0.15, -0.1) is 0 Å². The summed E-state index contributed by atoms with van der Waals surface area (Å²) in [6.07, 6.45) is 0. The number of benzene rings is 3. The monoisotopic (exact) mass is 404 g/mol. The Kier molecular flexibility index (Phi) is 4.56. The third-order valence-electron chi connectivity index (χ3n) is 5.61. The molecule has 2 heterocycles. The largest absolute Gasteiger partial charge is 0.493 e. The Morgan fingerprint density at radius 1 is 0.933 bits per heavy atom. The van der Waals surface area contributed by atoms with Gasteiger partial charge >= 0.3 is 5.63 Å². The van der Waals surface area contributed by atoms with E-state index in [2.05, 4.69) is 0 Å². The summed E-state index contributed by atoms with van der Waals surface area (Å²) in [6, 6.07) is 17.4. The van der Waals surface area contributed by atoms with Gasteiger partial charge in [0, 0.05) is 10.9 Å². The van der Waals surface area contributed by atoms with Crippen LogP contribution in [-0.2, 0) is 13.1 Å². The molecule has 0 aliphatic carbocycles. The van der Waals surface area contributed by atoms with Crippen molar-refractivity contribution in [3.8, 4) is 17.2 Å². The molecule has 0 amide bonds.